The van der Waals surface area contributed by atoms with Crippen molar-refractivity contribution in [2.45, 2.75) is 23.0 Å². The van der Waals surface area contributed by atoms with Crippen molar-refractivity contribution in [2.75, 3.05) is 24.6 Å². The molecule has 2 aromatic rings. The number of unbranched alkanes of at least 4 members (excludes halogenated alkanes) is 1. The Morgan fingerprint density at radius 3 is 2.63 bits per heavy atom. The molecule has 0 saturated carbocycles. The molecule has 6 nitrogen and oxygen atoms in total. The maximum Gasteiger partial charge on any atom is 0.242 e. The highest BCUT2D eigenvalue weighted by atomic mass is 32.2. The minimum atomic E-state index is -0.518. The molecule has 1 atom stereocenters. The molecule has 1 aliphatic rings. The number of para-hydroxylation sites is 2. The molecule has 2 aromatic carbocycles. The van der Waals surface area contributed by atoms with Crippen molar-refractivity contribution in [2.24, 2.45) is 0 Å². The van der Waals surface area contributed by atoms with Crippen LogP contribution in [0.3, 0.4) is 0 Å². The average molecular weight is 386 g/mol. The molecule has 0 radical (unpaired) electrons. The summed E-state index contributed by atoms with van der Waals surface area (Å²) in [7, 11) is 0. The summed E-state index contributed by atoms with van der Waals surface area (Å²) in [5.41, 5.74) is 0.878. The van der Waals surface area contributed by atoms with E-state index in [-0.39, 0.29) is 12.5 Å². The quantitative estimate of drug-likeness (QED) is 0.310. The van der Waals surface area contributed by atoms with E-state index < -0.39 is 5.25 Å². The molecule has 1 unspecified atom stereocenters. The number of nitrogens with zero attached hydrogens (tertiary/aromatic N) is 2. The van der Waals surface area contributed by atoms with Crippen molar-refractivity contribution in [3.63, 3.8) is 0 Å². The van der Waals surface area contributed by atoms with E-state index in [1.54, 1.807) is 4.90 Å². The van der Waals surface area contributed by atoms with Gasteiger partial charge in [0.05, 0.1) is 18.8 Å². The summed E-state index contributed by atoms with van der Waals surface area (Å²) in [6.45, 7) is 1.12. The van der Waals surface area contributed by atoms with E-state index in [9.17, 15) is 14.8 Å². The van der Waals surface area contributed by atoms with Crippen LogP contribution >= 0.6 is 11.8 Å². The van der Waals surface area contributed by atoms with Gasteiger partial charge in [-0.05, 0) is 37.1 Å². The van der Waals surface area contributed by atoms with Gasteiger partial charge < -0.3 is 9.64 Å². The van der Waals surface area contributed by atoms with Crippen molar-refractivity contribution in [1.29, 1.82) is 0 Å². The van der Waals surface area contributed by atoms with Gasteiger partial charge in [0.15, 0.2) is 0 Å². The number of hydrogen-bond donors (Lipinski definition) is 1. The topological polar surface area (TPSA) is 70.1 Å². The lowest BCUT2D eigenvalue weighted by molar-refractivity contribution is -0.150. The Morgan fingerprint density at radius 2 is 1.85 bits per heavy atom. The van der Waals surface area contributed by atoms with Gasteiger partial charge in [-0.3, -0.25) is 14.8 Å². The normalized spacial score (nSPS) is 16.0. The second-order valence-electron chi connectivity index (χ2n) is 6.16. The summed E-state index contributed by atoms with van der Waals surface area (Å²) >= 11 is 1.38. The number of anilines is 1. The smallest absolute Gasteiger partial charge is 0.242 e. The largest absolute Gasteiger partial charge is 0.494 e. The Labute approximate surface area is 162 Å². The van der Waals surface area contributed by atoms with Gasteiger partial charge in [-0.15, -0.1) is 11.8 Å². The molecule has 27 heavy (non-hydrogen) atoms. The van der Waals surface area contributed by atoms with Crippen molar-refractivity contribution in [1.82, 2.24) is 5.06 Å². The Morgan fingerprint density at radius 1 is 1.11 bits per heavy atom. The van der Waals surface area contributed by atoms with Crippen LogP contribution in [0.25, 0.3) is 0 Å². The Hall–Kier alpha value is -2.51. The number of ether oxygens (including phenoxy) is 1. The molecule has 142 valence electrons. The SMILES string of the molecule is O=CN(O)CC1Sc2ccccc2N(CCCCOc2ccccc2)C1=O. The molecule has 0 aromatic heterocycles. The summed E-state index contributed by atoms with van der Waals surface area (Å²) in [6.07, 6.45) is 1.93. The van der Waals surface area contributed by atoms with Crippen LogP contribution in [0.1, 0.15) is 12.8 Å². The van der Waals surface area contributed by atoms with Crippen molar-refractivity contribution >= 4 is 29.8 Å². The molecule has 0 aliphatic carbocycles. The molecular formula is C20H22N2O4S. The fourth-order valence-electron chi connectivity index (χ4n) is 2.91. The van der Waals surface area contributed by atoms with Crippen LogP contribution in [0.5, 0.6) is 5.75 Å². The number of carbonyl (C=O) groups is 2. The number of thioether (sulfide) groups is 1. The van der Waals surface area contributed by atoms with E-state index in [2.05, 4.69) is 0 Å². The molecule has 0 spiro atoms. The molecule has 2 amide bonds. The Bertz CT molecular complexity index is 772. The van der Waals surface area contributed by atoms with E-state index in [1.165, 1.54) is 11.8 Å². The second kappa shape index (κ2) is 9.43. The maximum absolute atomic E-state index is 12.8. The summed E-state index contributed by atoms with van der Waals surface area (Å²) in [5, 5.41) is 9.49. The number of hydroxylamine groups is 2. The second-order valence-corrected chi connectivity index (χ2v) is 7.40. The Balaban J connectivity index is 1.58. The number of fused-ring (bicyclic) bond motifs is 1. The van der Waals surface area contributed by atoms with Gasteiger partial charge in [0.1, 0.15) is 11.0 Å². The van der Waals surface area contributed by atoms with Crippen LogP contribution in [-0.2, 0) is 9.59 Å². The van der Waals surface area contributed by atoms with Gasteiger partial charge in [0.2, 0.25) is 12.3 Å². The van der Waals surface area contributed by atoms with Crippen LogP contribution in [0.15, 0.2) is 59.5 Å². The highest BCUT2D eigenvalue weighted by molar-refractivity contribution is 8.01. The minimum absolute atomic E-state index is 0.0328. The van der Waals surface area contributed by atoms with E-state index >= 15 is 0 Å². The summed E-state index contributed by atoms with van der Waals surface area (Å²) in [6, 6.07) is 17.3. The van der Waals surface area contributed by atoms with Crippen molar-refractivity contribution in [3.05, 3.63) is 54.6 Å². The average Bonchev–Trinajstić information content (AvgIpc) is 2.70. The zero-order chi connectivity index (χ0) is 19.1. The van der Waals surface area contributed by atoms with Gasteiger partial charge in [0.25, 0.3) is 0 Å². The first-order chi connectivity index (χ1) is 13.2. The predicted molar refractivity (Wildman–Crippen MR) is 104 cm³/mol. The third-order valence-corrected chi connectivity index (χ3v) is 5.46. The molecule has 0 bridgehead atoms. The maximum atomic E-state index is 12.8. The third kappa shape index (κ3) is 5.02. The first-order valence-corrected chi connectivity index (χ1v) is 9.72. The fraction of sp³-hybridized carbons (Fsp3) is 0.300. The number of amides is 2. The first-order valence-electron chi connectivity index (χ1n) is 8.85. The molecule has 0 saturated heterocycles. The van der Waals surface area contributed by atoms with E-state index in [4.69, 9.17) is 4.74 Å². The van der Waals surface area contributed by atoms with E-state index in [0.717, 1.165) is 29.2 Å². The number of rotatable bonds is 9. The number of carbonyl (C=O) groups excluding carboxylic acids is 2. The molecule has 7 heteroatoms. The summed E-state index contributed by atoms with van der Waals surface area (Å²) in [4.78, 5) is 26.3. The molecule has 1 aliphatic heterocycles. The third-order valence-electron chi connectivity index (χ3n) is 4.23. The lowest BCUT2D eigenvalue weighted by Gasteiger charge is -2.34. The van der Waals surface area contributed by atoms with Gasteiger partial charge in [-0.25, -0.2) is 5.06 Å². The van der Waals surface area contributed by atoms with Gasteiger partial charge in [-0.2, -0.15) is 0 Å². The predicted octanol–water partition coefficient (Wildman–Crippen LogP) is 3.20. The molecule has 0 fully saturated rings. The first kappa shape index (κ1) is 19.3. The fourth-order valence-corrected chi connectivity index (χ4v) is 4.13. The van der Waals surface area contributed by atoms with Crippen molar-refractivity contribution in [3.8, 4) is 5.75 Å². The van der Waals surface area contributed by atoms with Crippen LogP contribution in [0, 0.1) is 0 Å². The molecular weight excluding hydrogens is 364 g/mol. The summed E-state index contributed by atoms with van der Waals surface area (Å²) < 4.78 is 5.69. The standard InChI is InChI=1S/C20H22N2O4S/c23-15-21(25)14-19-20(24)22(17-10-4-5-11-18(17)27-19)12-6-7-13-26-16-8-2-1-3-9-16/h1-5,8-11,15,19,25H,6-7,12-14H2. The highest BCUT2D eigenvalue weighted by Crippen LogP contribution is 2.39. The minimum Gasteiger partial charge on any atom is -0.494 e. The van der Waals surface area contributed by atoms with Crippen LogP contribution in [0.2, 0.25) is 0 Å². The number of benzene rings is 2. The molecule has 3 rings (SSSR count). The van der Waals surface area contributed by atoms with E-state index in [0.29, 0.717) is 24.6 Å². The van der Waals surface area contributed by atoms with Crippen LogP contribution < -0.4 is 9.64 Å². The monoisotopic (exact) mass is 386 g/mol. The van der Waals surface area contributed by atoms with E-state index in [1.807, 2.05) is 54.6 Å². The number of hydrogen-bond acceptors (Lipinski definition) is 5. The molecule has 1 N–H and O–H groups in total. The van der Waals surface area contributed by atoms with Crippen LogP contribution in [0.4, 0.5) is 5.69 Å². The molecule has 1 heterocycles. The lowest BCUT2D eigenvalue weighted by atomic mass is 10.2. The van der Waals surface area contributed by atoms with Gasteiger partial charge >= 0.3 is 0 Å². The zero-order valence-corrected chi connectivity index (χ0v) is 15.7. The zero-order valence-electron chi connectivity index (χ0n) is 14.9. The van der Waals surface area contributed by atoms with Crippen molar-refractivity contribution < 1.29 is 19.5 Å². The lowest BCUT2D eigenvalue weighted by Crippen LogP contribution is -2.45. The highest BCUT2D eigenvalue weighted by Gasteiger charge is 2.34. The van der Waals surface area contributed by atoms with Gasteiger partial charge in [0, 0.05) is 11.4 Å². The summed E-state index contributed by atoms with van der Waals surface area (Å²) in [5.74, 6) is 0.744. The van der Waals surface area contributed by atoms with Crippen LogP contribution in [-0.4, -0.2) is 47.5 Å². The Kier molecular flexibility index (Phi) is 6.73. The van der Waals surface area contributed by atoms with Gasteiger partial charge in [-0.1, -0.05) is 30.3 Å².